The first-order chi connectivity index (χ1) is 44.9. The van der Waals surface area contributed by atoms with Crippen molar-refractivity contribution < 1.29 is 132 Å². The second-order valence-corrected chi connectivity index (χ2v) is 31.8. The van der Waals surface area contributed by atoms with Gasteiger partial charge in [-0.25, -0.2) is 0 Å². The number of benzene rings is 3. The van der Waals surface area contributed by atoms with Crippen molar-refractivity contribution in [1.29, 1.82) is 0 Å². The lowest BCUT2D eigenvalue weighted by Crippen LogP contribution is -2.69. The zero-order chi connectivity index (χ0) is 65.1. The monoisotopic (exact) mass is 1420 g/mol. The van der Waals surface area contributed by atoms with Gasteiger partial charge in [-0.2, -0.15) is 0 Å². The van der Waals surface area contributed by atoms with E-state index < -0.39 is 184 Å². The molecule has 516 valence electrons. The van der Waals surface area contributed by atoms with Gasteiger partial charge in [0, 0.05) is 53.3 Å². The standard InChI is InChI=1S/C60H78O27S6/c1-73-16-31-49-37(61)43(67)55(76-31)85-52-34-19-88-91-28-7-4-22-11-26-14-29-8-5-23(26)12-27-15-30(9-6-24(27)10-25(22)13-28)93-90-21-36-54(87-57-45(69)39(63)50(32(78-57)17-74-2)83-59(80-34)47(71)41(52)65)42(66)48(72)60(81-36)84-51-33(18-75-3)77-56(44(68)38(51)62)86-53-35(20-89-92-29)79-58(82-49)46(70)40(53)64/h4-9,13-15,31-72H,10-12,16-21H2,1-3H3. The summed E-state index contributed by atoms with van der Waals surface area (Å²) in [5.41, 5.74) is 6.38. The summed E-state index contributed by atoms with van der Waals surface area (Å²) in [5.74, 6) is -0.0352. The van der Waals surface area contributed by atoms with Crippen molar-refractivity contribution in [3.63, 3.8) is 0 Å². The fourth-order valence-electron chi connectivity index (χ4n) is 13.4. The number of aliphatic hydroxyl groups is 12. The van der Waals surface area contributed by atoms with Crippen molar-refractivity contribution in [3.8, 4) is 0 Å². The first kappa shape index (κ1) is 70.1. The van der Waals surface area contributed by atoms with Crippen LogP contribution in [-0.2, 0) is 90.3 Å². The maximum Gasteiger partial charge on any atom is 0.187 e. The highest BCUT2D eigenvalue weighted by atomic mass is 33.1. The van der Waals surface area contributed by atoms with Crippen molar-refractivity contribution in [2.45, 2.75) is 218 Å². The average molecular weight is 1420 g/mol. The lowest BCUT2D eigenvalue weighted by atomic mass is 9.95. The van der Waals surface area contributed by atoms with Crippen molar-refractivity contribution in [2.75, 3.05) is 58.4 Å². The minimum absolute atomic E-state index is 0.0117. The van der Waals surface area contributed by atoms with E-state index in [0.29, 0.717) is 19.3 Å². The van der Waals surface area contributed by atoms with Crippen molar-refractivity contribution in [2.24, 2.45) is 0 Å². The summed E-state index contributed by atoms with van der Waals surface area (Å²) < 4.78 is 93.6. The molecule has 93 heavy (non-hydrogen) atoms. The highest BCUT2D eigenvalue weighted by Gasteiger charge is 2.59. The van der Waals surface area contributed by atoms with Crippen LogP contribution in [0.2, 0.25) is 0 Å². The normalized spacial score (nSPS) is 44.8. The molecule has 0 amide bonds. The molecule has 0 aromatic heterocycles. The molecule has 16 heterocycles. The van der Waals surface area contributed by atoms with Gasteiger partial charge in [0.1, 0.15) is 128 Å². The van der Waals surface area contributed by atoms with Crippen LogP contribution in [0.1, 0.15) is 33.4 Å². The van der Waals surface area contributed by atoms with E-state index in [4.69, 9.17) is 71.1 Å². The van der Waals surface area contributed by atoms with Crippen LogP contribution in [0, 0.1) is 0 Å². The molecule has 12 N–H and O–H groups in total. The molecular formula is C60H78O27S6. The lowest BCUT2D eigenvalue weighted by Gasteiger charge is -2.51. The Hall–Kier alpha value is -1.32. The first-order valence-corrected chi connectivity index (χ1v) is 37.6. The molecule has 3 aromatic carbocycles. The Balaban J connectivity index is 0.972. The SMILES string of the molecule is COCC1OC2OC3C4CSSc5ccc6c(c5)Cc5ccc7cc5Cc5ccc(cc5C6)SSCC5OC(OC1C(O)C2O)C(O)C(O)C5OC1OC(COC)C(OC2OC(CSS7)C(OC5OC(COC)C(OC(O4)C(O)C3O)C(O)C5O)C(O)C2O)C(O)C1O. The third-order valence-electron chi connectivity index (χ3n) is 18.4. The Bertz CT molecular complexity index is 2700. The Morgan fingerprint density at radius 2 is 0.538 bits per heavy atom. The van der Waals surface area contributed by atoms with Crippen LogP contribution in [0.3, 0.4) is 0 Å². The van der Waals surface area contributed by atoms with E-state index in [1.807, 2.05) is 18.2 Å². The lowest BCUT2D eigenvalue weighted by molar-refractivity contribution is -0.400. The molecule has 27 nitrogen and oxygen atoms in total. The van der Waals surface area contributed by atoms with Crippen molar-refractivity contribution >= 4 is 64.8 Å². The Morgan fingerprint density at radius 1 is 0.301 bits per heavy atom. The zero-order valence-electron chi connectivity index (χ0n) is 50.3. The Kier molecular flexibility index (Phi) is 23.0. The van der Waals surface area contributed by atoms with E-state index in [0.717, 1.165) is 48.1 Å². The molecule has 33 heteroatoms. The van der Waals surface area contributed by atoms with E-state index in [1.165, 1.54) is 86.1 Å². The molecule has 6 fully saturated rings. The molecule has 6 saturated heterocycles. The number of aliphatic hydroxyl groups excluding tert-OH is 12. The third kappa shape index (κ3) is 14.6. The van der Waals surface area contributed by atoms with E-state index in [9.17, 15) is 61.3 Å². The zero-order valence-corrected chi connectivity index (χ0v) is 55.2. The van der Waals surface area contributed by atoms with Gasteiger partial charge in [-0.3, -0.25) is 0 Å². The van der Waals surface area contributed by atoms with Crippen LogP contribution in [0.5, 0.6) is 0 Å². The van der Waals surface area contributed by atoms with Gasteiger partial charge in [0.05, 0.1) is 38.1 Å². The molecule has 0 spiro atoms. The smallest absolute Gasteiger partial charge is 0.187 e. The van der Waals surface area contributed by atoms with E-state index >= 15 is 0 Å². The summed E-state index contributed by atoms with van der Waals surface area (Å²) >= 11 is 0. The quantitative estimate of drug-likeness (QED) is 0.103. The molecule has 17 aliphatic rings. The fraction of sp³-hybridized carbons (Fsp3) is 0.700. The van der Waals surface area contributed by atoms with Gasteiger partial charge >= 0.3 is 0 Å². The van der Waals surface area contributed by atoms with Crippen LogP contribution in [0.4, 0.5) is 0 Å². The summed E-state index contributed by atoms with van der Waals surface area (Å²) in [6.45, 7) is -1.01. The molecule has 30 unspecified atom stereocenters. The first-order valence-electron chi connectivity index (χ1n) is 30.6. The predicted octanol–water partition coefficient (Wildman–Crippen LogP) is -1.04. The van der Waals surface area contributed by atoms with Crippen LogP contribution in [-0.4, -0.2) is 304 Å². The van der Waals surface area contributed by atoms with Crippen molar-refractivity contribution in [3.05, 3.63) is 88.0 Å². The summed E-state index contributed by atoms with van der Waals surface area (Å²) in [5, 5.41) is 146. The highest BCUT2D eigenvalue weighted by molar-refractivity contribution is 8.77. The molecule has 0 radical (unpaired) electrons. The van der Waals surface area contributed by atoms with Gasteiger partial charge in [0.2, 0.25) is 0 Å². The molecule has 20 rings (SSSR count). The maximum absolute atomic E-state index is 12.3. The summed E-state index contributed by atoms with van der Waals surface area (Å²) in [6.07, 6.45) is -50.0. The minimum atomic E-state index is -2.00. The molecule has 16 aliphatic heterocycles. The molecule has 0 saturated carbocycles. The second-order valence-electron chi connectivity index (χ2n) is 24.5. The molecule has 30 atom stereocenters. The van der Waals surface area contributed by atoms with Crippen LogP contribution >= 0.6 is 64.8 Å². The third-order valence-corrected chi connectivity index (χ3v) is 25.5. The van der Waals surface area contributed by atoms with Crippen LogP contribution in [0.25, 0.3) is 0 Å². The molecular weight excluding hydrogens is 1350 g/mol. The molecule has 1 aliphatic carbocycles. The minimum Gasteiger partial charge on any atom is -0.387 e. The highest BCUT2D eigenvalue weighted by Crippen LogP contribution is 2.45. The van der Waals surface area contributed by atoms with Gasteiger partial charge in [-0.05, 0) is 89.0 Å². The van der Waals surface area contributed by atoms with Gasteiger partial charge in [-0.1, -0.05) is 83.0 Å². The topological polar surface area (TPSA) is 381 Å². The van der Waals surface area contributed by atoms with Gasteiger partial charge in [0.25, 0.3) is 0 Å². The van der Waals surface area contributed by atoms with Gasteiger partial charge in [0.15, 0.2) is 37.7 Å². The number of fused-ring (bicyclic) bond motifs is 2. The summed E-state index contributed by atoms with van der Waals surface area (Å²) in [6, 6.07) is 18.8. The predicted molar refractivity (Wildman–Crippen MR) is 332 cm³/mol. The number of methoxy groups -OCH3 is 3. The van der Waals surface area contributed by atoms with E-state index in [1.54, 1.807) is 0 Å². The average Bonchev–Trinajstić information content (AvgIpc) is 1.13. The fourth-order valence-corrected chi connectivity index (χ4v) is 20.2. The largest absolute Gasteiger partial charge is 0.387 e. The van der Waals surface area contributed by atoms with Gasteiger partial charge in [-0.15, -0.1) is 0 Å². The van der Waals surface area contributed by atoms with E-state index in [-0.39, 0.29) is 37.1 Å². The maximum atomic E-state index is 12.3. The summed E-state index contributed by atoms with van der Waals surface area (Å²) in [4.78, 5) is 2.60. The number of rotatable bonds is 6. The summed E-state index contributed by atoms with van der Waals surface area (Å²) in [7, 11) is 12.2. The van der Waals surface area contributed by atoms with Crippen LogP contribution < -0.4 is 0 Å². The van der Waals surface area contributed by atoms with Crippen LogP contribution in [0.15, 0.2) is 69.3 Å². The van der Waals surface area contributed by atoms with Gasteiger partial charge < -0.3 is 132 Å². The Morgan fingerprint density at radius 3 is 0.796 bits per heavy atom. The molecule has 21 bridgehead atoms. The van der Waals surface area contributed by atoms with E-state index in [2.05, 4.69) is 36.4 Å². The number of ether oxygens (including phenoxy) is 15. The van der Waals surface area contributed by atoms with Crippen molar-refractivity contribution in [1.82, 2.24) is 0 Å². The number of hydrogen-bond acceptors (Lipinski definition) is 33. The molecule has 3 aromatic rings. The second kappa shape index (κ2) is 30.5. The Labute approximate surface area is 558 Å². The number of hydrogen-bond donors (Lipinski definition) is 12.